The molecule has 30 heavy (non-hydrogen) atoms. The molecule has 0 bridgehead atoms. The first-order valence-electron chi connectivity index (χ1n) is 9.76. The fourth-order valence-corrected chi connectivity index (χ4v) is 4.08. The summed E-state index contributed by atoms with van der Waals surface area (Å²) in [6, 6.07) is 7.73. The molecule has 0 atom stereocenters. The third-order valence-corrected chi connectivity index (χ3v) is 5.60. The van der Waals surface area contributed by atoms with E-state index in [0.29, 0.717) is 0 Å². The molecule has 3 N–H and O–H groups in total. The van der Waals surface area contributed by atoms with Gasteiger partial charge in [0.1, 0.15) is 5.75 Å². The molecule has 2 aliphatic rings. The highest BCUT2D eigenvalue weighted by Gasteiger charge is 2.40. The number of aromatic hydroxyl groups is 1. The molecule has 1 aliphatic heterocycles. The van der Waals surface area contributed by atoms with Crippen LogP contribution in [0.4, 0.5) is 5.69 Å². The highest BCUT2D eigenvalue weighted by molar-refractivity contribution is 6.22. The molecule has 154 valence electrons. The topological polar surface area (TPSA) is 124 Å². The summed E-state index contributed by atoms with van der Waals surface area (Å²) < 4.78 is 0. The van der Waals surface area contributed by atoms with Crippen molar-refractivity contribution in [2.24, 2.45) is 0 Å². The SMILES string of the molecule is O=C(Nc1ccc(O)cc1C(=O)O)c1ccc2c(c1)C(=O)N(C1CCCCC1)C2=O. The molecular formula is C22H20N2O6. The van der Waals surface area contributed by atoms with Gasteiger partial charge in [-0.2, -0.15) is 0 Å². The Morgan fingerprint density at radius 3 is 2.33 bits per heavy atom. The number of amides is 3. The number of nitrogens with one attached hydrogen (secondary N) is 1. The lowest BCUT2D eigenvalue weighted by molar-refractivity contribution is 0.0547. The zero-order valence-corrected chi connectivity index (χ0v) is 16.1. The van der Waals surface area contributed by atoms with Crippen LogP contribution in [0.2, 0.25) is 0 Å². The number of nitrogens with zero attached hydrogens (tertiary/aromatic N) is 1. The van der Waals surface area contributed by atoms with Crippen molar-refractivity contribution >= 4 is 29.4 Å². The van der Waals surface area contributed by atoms with E-state index < -0.39 is 17.8 Å². The van der Waals surface area contributed by atoms with Gasteiger partial charge in [0.15, 0.2) is 0 Å². The molecule has 0 unspecified atom stereocenters. The van der Waals surface area contributed by atoms with E-state index in [-0.39, 0.29) is 45.6 Å². The molecule has 1 aliphatic carbocycles. The predicted octanol–water partition coefficient (Wildman–Crippen LogP) is 3.27. The first-order valence-corrected chi connectivity index (χ1v) is 9.76. The van der Waals surface area contributed by atoms with E-state index in [0.717, 1.165) is 38.2 Å². The second kappa shape index (κ2) is 7.62. The van der Waals surface area contributed by atoms with Gasteiger partial charge in [-0.25, -0.2) is 4.79 Å². The van der Waals surface area contributed by atoms with E-state index in [1.54, 1.807) is 0 Å². The van der Waals surface area contributed by atoms with E-state index in [9.17, 15) is 29.4 Å². The number of carbonyl (C=O) groups is 4. The van der Waals surface area contributed by atoms with Crippen LogP contribution in [0.15, 0.2) is 36.4 Å². The number of hydrogen-bond acceptors (Lipinski definition) is 5. The molecule has 8 nitrogen and oxygen atoms in total. The maximum Gasteiger partial charge on any atom is 0.337 e. The number of carboxylic acid groups (broad SMARTS) is 1. The first-order chi connectivity index (χ1) is 14.4. The summed E-state index contributed by atoms with van der Waals surface area (Å²) in [5.74, 6) is -2.90. The Hall–Kier alpha value is -3.68. The number of carboxylic acids is 1. The number of aromatic carboxylic acids is 1. The van der Waals surface area contributed by atoms with Crippen LogP contribution in [0, 0.1) is 0 Å². The minimum absolute atomic E-state index is 0.0111. The highest BCUT2D eigenvalue weighted by Crippen LogP contribution is 2.31. The van der Waals surface area contributed by atoms with Crippen LogP contribution in [-0.4, -0.2) is 44.8 Å². The molecule has 1 heterocycles. The molecule has 1 fully saturated rings. The van der Waals surface area contributed by atoms with E-state index in [1.807, 2.05) is 0 Å². The van der Waals surface area contributed by atoms with Crippen molar-refractivity contribution in [3.63, 3.8) is 0 Å². The van der Waals surface area contributed by atoms with Crippen molar-refractivity contribution in [1.82, 2.24) is 4.90 Å². The van der Waals surface area contributed by atoms with Crippen LogP contribution >= 0.6 is 0 Å². The summed E-state index contributed by atoms with van der Waals surface area (Å²) in [5, 5.41) is 21.2. The molecule has 0 spiro atoms. The second-order valence-corrected chi connectivity index (χ2v) is 7.52. The Morgan fingerprint density at radius 2 is 1.63 bits per heavy atom. The van der Waals surface area contributed by atoms with Gasteiger partial charge >= 0.3 is 5.97 Å². The molecule has 0 aromatic heterocycles. The van der Waals surface area contributed by atoms with Gasteiger partial charge in [0.05, 0.1) is 22.4 Å². The Balaban J connectivity index is 1.59. The summed E-state index contributed by atoms with van der Waals surface area (Å²) in [7, 11) is 0. The number of phenols is 1. The largest absolute Gasteiger partial charge is 0.508 e. The summed E-state index contributed by atoms with van der Waals surface area (Å²) in [6.45, 7) is 0. The normalized spacial score (nSPS) is 16.5. The van der Waals surface area contributed by atoms with Crippen molar-refractivity contribution in [3.05, 3.63) is 58.7 Å². The number of fused-ring (bicyclic) bond motifs is 1. The fourth-order valence-electron chi connectivity index (χ4n) is 4.08. The van der Waals surface area contributed by atoms with Gasteiger partial charge in [-0.05, 0) is 49.2 Å². The Labute approximate surface area is 172 Å². The number of phenolic OH excluding ortho intramolecular Hbond substituents is 1. The quantitative estimate of drug-likeness (QED) is 0.527. The average molecular weight is 408 g/mol. The smallest absolute Gasteiger partial charge is 0.337 e. The van der Waals surface area contributed by atoms with Gasteiger partial charge in [0, 0.05) is 11.6 Å². The number of rotatable bonds is 4. The van der Waals surface area contributed by atoms with Crippen molar-refractivity contribution < 1.29 is 29.4 Å². The van der Waals surface area contributed by atoms with Crippen molar-refractivity contribution in [3.8, 4) is 5.75 Å². The predicted molar refractivity (Wildman–Crippen MR) is 107 cm³/mol. The van der Waals surface area contributed by atoms with E-state index in [1.165, 1.54) is 35.2 Å². The molecule has 8 heteroatoms. The number of benzene rings is 2. The lowest BCUT2D eigenvalue weighted by Gasteiger charge is -2.29. The Bertz CT molecular complexity index is 1070. The van der Waals surface area contributed by atoms with Gasteiger partial charge < -0.3 is 15.5 Å². The van der Waals surface area contributed by atoms with Crippen LogP contribution in [0.5, 0.6) is 5.75 Å². The first kappa shape index (κ1) is 19.6. The molecule has 1 saturated carbocycles. The van der Waals surface area contributed by atoms with Crippen LogP contribution in [-0.2, 0) is 0 Å². The minimum Gasteiger partial charge on any atom is -0.508 e. The van der Waals surface area contributed by atoms with E-state index in [2.05, 4.69) is 5.32 Å². The minimum atomic E-state index is -1.31. The average Bonchev–Trinajstić information content (AvgIpc) is 2.99. The third-order valence-electron chi connectivity index (χ3n) is 5.60. The van der Waals surface area contributed by atoms with Crippen LogP contribution in [0.25, 0.3) is 0 Å². The van der Waals surface area contributed by atoms with Gasteiger partial charge in [-0.15, -0.1) is 0 Å². The maximum absolute atomic E-state index is 12.9. The second-order valence-electron chi connectivity index (χ2n) is 7.52. The fraction of sp³-hybridized carbons (Fsp3) is 0.273. The van der Waals surface area contributed by atoms with E-state index >= 15 is 0 Å². The lowest BCUT2D eigenvalue weighted by atomic mass is 9.94. The van der Waals surface area contributed by atoms with Crippen LogP contribution in [0.3, 0.4) is 0 Å². The van der Waals surface area contributed by atoms with Gasteiger partial charge in [-0.1, -0.05) is 19.3 Å². The van der Waals surface area contributed by atoms with Crippen molar-refractivity contribution in [2.45, 2.75) is 38.1 Å². The maximum atomic E-state index is 12.9. The standard InChI is InChI=1S/C22H20N2O6/c25-14-7-9-18(17(11-14)22(29)30)23-19(26)12-6-8-15-16(10-12)21(28)24(20(15)27)13-4-2-1-3-5-13/h6-11,13,25H,1-5H2,(H,23,26)(H,29,30). The number of anilines is 1. The molecule has 0 saturated heterocycles. The Morgan fingerprint density at radius 1 is 0.933 bits per heavy atom. The monoisotopic (exact) mass is 408 g/mol. The summed E-state index contributed by atoms with van der Waals surface area (Å²) in [5.41, 5.74) is 0.335. The third kappa shape index (κ3) is 3.41. The molecule has 2 aromatic rings. The number of imide groups is 1. The summed E-state index contributed by atoms with van der Waals surface area (Å²) in [6.07, 6.45) is 4.63. The van der Waals surface area contributed by atoms with Crippen molar-refractivity contribution in [2.75, 3.05) is 5.32 Å². The summed E-state index contributed by atoms with van der Waals surface area (Å²) >= 11 is 0. The Kier molecular flexibility index (Phi) is 4.99. The molecule has 3 amide bonds. The van der Waals surface area contributed by atoms with Crippen LogP contribution < -0.4 is 5.32 Å². The zero-order valence-electron chi connectivity index (χ0n) is 16.1. The van der Waals surface area contributed by atoms with Crippen LogP contribution in [0.1, 0.15) is 73.5 Å². The van der Waals surface area contributed by atoms with Crippen molar-refractivity contribution in [1.29, 1.82) is 0 Å². The highest BCUT2D eigenvalue weighted by atomic mass is 16.4. The number of carbonyl (C=O) groups excluding carboxylic acids is 3. The molecule has 2 aromatic carbocycles. The van der Waals surface area contributed by atoms with Gasteiger partial charge in [0.25, 0.3) is 17.7 Å². The molecule has 0 radical (unpaired) electrons. The zero-order chi connectivity index (χ0) is 21.4. The number of hydrogen-bond donors (Lipinski definition) is 3. The molecular weight excluding hydrogens is 388 g/mol. The van der Waals surface area contributed by atoms with Gasteiger partial charge in [0.2, 0.25) is 0 Å². The van der Waals surface area contributed by atoms with E-state index in [4.69, 9.17) is 0 Å². The molecule has 4 rings (SSSR count). The summed E-state index contributed by atoms with van der Waals surface area (Å²) in [4.78, 5) is 51.0. The lowest BCUT2D eigenvalue weighted by Crippen LogP contribution is -2.40. The van der Waals surface area contributed by atoms with Gasteiger partial charge in [-0.3, -0.25) is 19.3 Å².